The van der Waals surface area contributed by atoms with Gasteiger partial charge in [-0.2, -0.15) is 0 Å². The molecule has 0 saturated heterocycles. The first-order valence-corrected chi connectivity index (χ1v) is 7.91. The highest BCUT2D eigenvalue weighted by molar-refractivity contribution is 5.94. The van der Waals surface area contributed by atoms with E-state index < -0.39 is 5.82 Å². The van der Waals surface area contributed by atoms with E-state index in [1.165, 1.54) is 0 Å². The molecule has 2 rings (SSSR count). The van der Waals surface area contributed by atoms with Gasteiger partial charge < -0.3 is 10.6 Å². The molecule has 1 aromatic rings. The van der Waals surface area contributed by atoms with Crippen molar-refractivity contribution in [2.24, 2.45) is 0 Å². The fourth-order valence-electron chi connectivity index (χ4n) is 2.88. The monoisotopic (exact) mass is 292 g/mol. The van der Waals surface area contributed by atoms with Gasteiger partial charge in [0.15, 0.2) is 0 Å². The third-order valence-electron chi connectivity index (χ3n) is 4.18. The molecule has 0 unspecified atom stereocenters. The lowest BCUT2D eigenvalue weighted by Gasteiger charge is -2.29. The Labute approximate surface area is 126 Å². The molecule has 0 spiro atoms. The van der Waals surface area contributed by atoms with Gasteiger partial charge in [0.05, 0.1) is 5.56 Å². The van der Waals surface area contributed by atoms with E-state index in [2.05, 4.69) is 17.6 Å². The van der Waals surface area contributed by atoms with E-state index in [4.69, 9.17) is 0 Å². The van der Waals surface area contributed by atoms with Gasteiger partial charge in [0.25, 0.3) is 5.91 Å². The maximum atomic E-state index is 13.9. The van der Waals surface area contributed by atoms with E-state index in [9.17, 15) is 9.18 Å². The summed E-state index contributed by atoms with van der Waals surface area (Å²) < 4.78 is 13.9. The largest absolute Gasteiger partial charge is 0.349 e. The molecule has 0 heterocycles. The molecule has 1 amide bonds. The normalized spacial score (nSPS) is 22.0. The van der Waals surface area contributed by atoms with Crippen molar-refractivity contribution in [2.45, 2.75) is 58.0 Å². The molecule has 3 nitrogen and oxygen atoms in total. The average molecular weight is 292 g/mol. The van der Waals surface area contributed by atoms with Gasteiger partial charge >= 0.3 is 0 Å². The van der Waals surface area contributed by atoms with Gasteiger partial charge in [-0.15, -0.1) is 0 Å². The predicted octanol–water partition coefficient (Wildman–Crippen LogP) is 3.17. The second kappa shape index (κ2) is 7.55. The van der Waals surface area contributed by atoms with Crippen molar-refractivity contribution in [3.8, 4) is 0 Å². The number of hydrogen-bond acceptors (Lipinski definition) is 2. The van der Waals surface area contributed by atoms with Crippen LogP contribution in [0.4, 0.5) is 4.39 Å². The molecular weight excluding hydrogens is 267 g/mol. The zero-order chi connectivity index (χ0) is 15.2. The van der Waals surface area contributed by atoms with Crippen LogP contribution in [0, 0.1) is 12.7 Å². The van der Waals surface area contributed by atoms with Gasteiger partial charge in [-0.3, -0.25) is 4.79 Å². The number of hydrogen-bond donors (Lipinski definition) is 2. The quantitative estimate of drug-likeness (QED) is 0.875. The van der Waals surface area contributed by atoms with E-state index in [-0.39, 0.29) is 17.5 Å². The lowest BCUT2D eigenvalue weighted by atomic mass is 9.91. The van der Waals surface area contributed by atoms with Crippen LogP contribution >= 0.6 is 0 Å². The van der Waals surface area contributed by atoms with E-state index in [0.29, 0.717) is 11.6 Å². The average Bonchev–Trinajstić information content (AvgIpc) is 2.49. The van der Waals surface area contributed by atoms with Gasteiger partial charge in [-0.1, -0.05) is 19.1 Å². The third kappa shape index (κ3) is 4.27. The molecule has 2 N–H and O–H groups in total. The van der Waals surface area contributed by atoms with Crippen molar-refractivity contribution in [1.82, 2.24) is 10.6 Å². The molecule has 4 heteroatoms. The molecule has 1 aliphatic rings. The number of halogens is 1. The maximum Gasteiger partial charge on any atom is 0.254 e. The van der Waals surface area contributed by atoms with Crippen LogP contribution < -0.4 is 10.6 Å². The second-order valence-electron chi connectivity index (χ2n) is 5.91. The highest BCUT2D eigenvalue weighted by atomic mass is 19.1. The molecule has 0 aromatic heterocycles. The van der Waals surface area contributed by atoms with Gasteiger partial charge in [-0.25, -0.2) is 4.39 Å². The van der Waals surface area contributed by atoms with E-state index in [1.54, 1.807) is 25.1 Å². The van der Waals surface area contributed by atoms with Gasteiger partial charge in [0.1, 0.15) is 5.82 Å². The molecule has 0 aliphatic heterocycles. The molecule has 1 fully saturated rings. The molecule has 1 saturated carbocycles. The Balaban J connectivity index is 1.86. The lowest BCUT2D eigenvalue weighted by Crippen LogP contribution is -2.42. The summed E-state index contributed by atoms with van der Waals surface area (Å²) in [5.74, 6) is -0.700. The van der Waals surface area contributed by atoms with E-state index in [1.807, 2.05) is 0 Å². The van der Waals surface area contributed by atoms with Crippen LogP contribution in [0.15, 0.2) is 18.2 Å². The second-order valence-corrected chi connectivity index (χ2v) is 5.91. The topological polar surface area (TPSA) is 41.1 Å². The molecule has 1 aromatic carbocycles. The highest BCUT2D eigenvalue weighted by Crippen LogP contribution is 2.20. The summed E-state index contributed by atoms with van der Waals surface area (Å²) >= 11 is 0. The smallest absolute Gasteiger partial charge is 0.254 e. The summed E-state index contributed by atoms with van der Waals surface area (Å²) in [6.45, 7) is 4.89. The lowest BCUT2D eigenvalue weighted by molar-refractivity contribution is 0.0920. The molecule has 21 heavy (non-hydrogen) atoms. The zero-order valence-electron chi connectivity index (χ0n) is 12.9. The Kier molecular flexibility index (Phi) is 5.74. The molecule has 0 atom stereocenters. The van der Waals surface area contributed by atoms with Crippen LogP contribution in [0.5, 0.6) is 0 Å². The standard InChI is InChI=1S/C17H25FN2O/c1-3-11-19-13-7-9-14(10-8-13)20-17(21)15-6-4-5-12(2)16(15)18/h4-6,13-14,19H,3,7-11H2,1-2H3,(H,20,21). The first-order chi connectivity index (χ1) is 10.1. The SMILES string of the molecule is CCCNC1CCC(NC(=O)c2cccc(C)c2F)CC1. The minimum Gasteiger partial charge on any atom is -0.349 e. The number of aryl methyl sites for hydroxylation is 1. The van der Waals surface area contributed by atoms with Crippen molar-refractivity contribution < 1.29 is 9.18 Å². The summed E-state index contributed by atoms with van der Waals surface area (Å²) in [4.78, 5) is 12.2. The predicted molar refractivity (Wildman–Crippen MR) is 82.9 cm³/mol. The van der Waals surface area contributed by atoms with Crippen molar-refractivity contribution in [2.75, 3.05) is 6.54 Å². The first kappa shape index (κ1) is 16.0. The Morgan fingerprint density at radius 2 is 1.90 bits per heavy atom. The molecule has 0 radical (unpaired) electrons. The molecule has 1 aliphatic carbocycles. The van der Waals surface area contributed by atoms with E-state index >= 15 is 0 Å². The Bertz CT molecular complexity index is 482. The fraction of sp³-hybridized carbons (Fsp3) is 0.588. The van der Waals surface area contributed by atoms with Crippen LogP contribution in [-0.2, 0) is 0 Å². The van der Waals surface area contributed by atoms with Crippen molar-refractivity contribution >= 4 is 5.91 Å². The highest BCUT2D eigenvalue weighted by Gasteiger charge is 2.23. The fourth-order valence-corrected chi connectivity index (χ4v) is 2.88. The van der Waals surface area contributed by atoms with Gasteiger partial charge in [-0.05, 0) is 57.2 Å². The molecule has 116 valence electrons. The number of amides is 1. The summed E-state index contributed by atoms with van der Waals surface area (Å²) in [6.07, 6.45) is 5.20. The Hall–Kier alpha value is -1.42. The van der Waals surface area contributed by atoms with Crippen LogP contribution in [0.25, 0.3) is 0 Å². The number of carbonyl (C=O) groups is 1. The van der Waals surface area contributed by atoms with Crippen molar-refractivity contribution in [3.05, 3.63) is 35.1 Å². The number of benzene rings is 1. The summed E-state index contributed by atoms with van der Waals surface area (Å²) in [7, 11) is 0. The van der Waals surface area contributed by atoms with Crippen LogP contribution in [0.3, 0.4) is 0 Å². The van der Waals surface area contributed by atoms with Crippen LogP contribution in [0.2, 0.25) is 0 Å². The van der Waals surface area contributed by atoms with E-state index in [0.717, 1.165) is 38.6 Å². The Morgan fingerprint density at radius 3 is 2.57 bits per heavy atom. The summed E-state index contributed by atoms with van der Waals surface area (Å²) in [6, 6.07) is 5.67. The number of carbonyl (C=O) groups excluding carboxylic acids is 1. The van der Waals surface area contributed by atoms with Gasteiger partial charge in [0, 0.05) is 12.1 Å². The van der Waals surface area contributed by atoms with Crippen LogP contribution in [-0.4, -0.2) is 24.5 Å². The van der Waals surface area contributed by atoms with Crippen molar-refractivity contribution in [1.29, 1.82) is 0 Å². The maximum absolute atomic E-state index is 13.9. The minimum absolute atomic E-state index is 0.154. The first-order valence-electron chi connectivity index (χ1n) is 7.91. The molecule has 0 bridgehead atoms. The van der Waals surface area contributed by atoms with Crippen LogP contribution in [0.1, 0.15) is 54.9 Å². The molecular formula is C17H25FN2O. The third-order valence-corrected chi connectivity index (χ3v) is 4.18. The van der Waals surface area contributed by atoms with Gasteiger partial charge in [0.2, 0.25) is 0 Å². The summed E-state index contributed by atoms with van der Waals surface area (Å²) in [5, 5.41) is 6.49. The number of rotatable bonds is 5. The summed E-state index contributed by atoms with van der Waals surface area (Å²) in [5.41, 5.74) is 0.663. The number of nitrogens with one attached hydrogen (secondary N) is 2. The minimum atomic E-state index is -0.409. The zero-order valence-corrected chi connectivity index (χ0v) is 12.9. The van der Waals surface area contributed by atoms with Crippen molar-refractivity contribution in [3.63, 3.8) is 0 Å². The Morgan fingerprint density at radius 1 is 1.24 bits per heavy atom.